The van der Waals surface area contributed by atoms with Gasteiger partial charge < -0.3 is 11.1 Å². The second-order valence-electron chi connectivity index (χ2n) is 4.79. The lowest BCUT2D eigenvalue weighted by molar-refractivity contribution is -0.126. The van der Waals surface area contributed by atoms with Crippen molar-refractivity contribution in [2.24, 2.45) is 5.73 Å². The summed E-state index contributed by atoms with van der Waals surface area (Å²) in [6.45, 7) is 4.50. The molecule has 17 heavy (non-hydrogen) atoms. The van der Waals surface area contributed by atoms with E-state index in [1.807, 2.05) is 13.8 Å². The van der Waals surface area contributed by atoms with Crippen LogP contribution in [0.15, 0.2) is 0 Å². The van der Waals surface area contributed by atoms with Gasteiger partial charge in [-0.05, 0) is 26.7 Å². The van der Waals surface area contributed by atoms with Crippen LogP contribution < -0.4 is 11.1 Å². The fourth-order valence-corrected chi connectivity index (χ4v) is 3.18. The fourth-order valence-electron chi connectivity index (χ4n) is 2.31. The van der Waals surface area contributed by atoms with Gasteiger partial charge in [-0.2, -0.15) is 0 Å². The molecular formula is C12H19N3OS. The van der Waals surface area contributed by atoms with Crippen LogP contribution in [-0.4, -0.2) is 16.4 Å². The Morgan fingerprint density at radius 3 is 2.65 bits per heavy atom. The number of hydrogen-bond acceptors (Lipinski definition) is 4. The van der Waals surface area contributed by atoms with E-state index in [4.69, 9.17) is 5.73 Å². The van der Waals surface area contributed by atoms with Gasteiger partial charge in [0.25, 0.3) is 0 Å². The van der Waals surface area contributed by atoms with Gasteiger partial charge in [0.05, 0.1) is 22.8 Å². The van der Waals surface area contributed by atoms with Crippen molar-refractivity contribution in [1.82, 2.24) is 10.3 Å². The number of nitrogens with zero attached hydrogens (tertiary/aromatic N) is 1. The smallest absolute Gasteiger partial charge is 0.240 e. The molecular weight excluding hydrogens is 234 g/mol. The van der Waals surface area contributed by atoms with Crippen LogP contribution in [0.2, 0.25) is 0 Å². The third-order valence-corrected chi connectivity index (χ3v) is 4.43. The maximum atomic E-state index is 12.0. The van der Waals surface area contributed by atoms with Crippen LogP contribution in [0.4, 0.5) is 0 Å². The van der Waals surface area contributed by atoms with Crippen LogP contribution in [0.25, 0.3) is 0 Å². The molecule has 0 saturated heterocycles. The monoisotopic (exact) mass is 253 g/mol. The molecule has 1 amide bonds. The Kier molecular flexibility index (Phi) is 3.49. The lowest BCUT2D eigenvalue weighted by Gasteiger charge is -2.22. The first-order chi connectivity index (χ1) is 8.01. The Bertz CT molecular complexity index is 421. The van der Waals surface area contributed by atoms with Crippen molar-refractivity contribution in [2.75, 3.05) is 0 Å². The van der Waals surface area contributed by atoms with Gasteiger partial charge in [-0.1, -0.05) is 12.8 Å². The van der Waals surface area contributed by atoms with Gasteiger partial charge in [-0.15, -0.1) is 11.3 Å². The van der Waals surface area contributed by atoms with Gasteiger partial charge in [0.1, 0.15) is 0 Å². The van der Waals surface area contributed by atoms with Crippen LogP contribution in [-0.2, 0) is 11.3 Å². The fraction of sp³-hybridized carbons (Fsp3) is 0.667. The lowest BCUT2D eigenvalue weighted by atomic mass is 9.98. The first kappa shape index (κ1) is 12.5. The number of aromatic nitrogens is 1. The maximum Gasteiger partial charge on any atom is 0.240 e. The van der Waals surface area contributed by atoms with E-state index in [1.54, 1.807) is 11.3 Å². The number of carbonyl (C=O) groups is 1. The Balaban J connectivity index is 1.94. The molecule has 4 nitrogen and oxygen atoms in total. The number of rotatable bonds is 3. The van der Waals surface area contributed by atoms with Crippen molar-refractivity contribution < 1.29 is 4.79 Å². The van der Waals surface area contributed by atoms with E-state index in [1.165, 1.54) is 0 Å². The lowest BCUT2D eigenvalue weighted by Crippen LogP contribution is -2.51. The maximum absolute atomic E-state index is 12.0. The summed E-state index contributed by atoms with van der Waals surface area (Å²) in [4.78, 5) is 17.5. The Morgan fingerprint density at radius 2 is 2.12 bits per heavy atom. The van der Waals surface area contributed by atoms with Crippen LogP contribution in [0, 0.1) is 13.8 Å². The molecule has 0 radical (unpaired) electrons. The number of nitrogens with one attached hydrogen (secondary N) is 1. The van der Waals surface area contributed by atoms with Crippen molar-refractivity contribution in [2.45, 2.75) is 51.6 Å². The molecule has 3 N–H and O–H groups in total. The van der Waals surface area contributed by atoms with Gasteiger partial charge in [-0.25, -0.2) is 4.98 Å². The van der Waals surface area contributed by atoms with Gasteiger partial charge in [0.2, 0.25) is 5.91 Å². The van der Waals surface area contributed by atoms with Crippen molar-refractivity contribution in [3.05, 3.63) is 15.6 Å². The summed E-state index contributed by atoms with van der Waals surface area (Å²) in [6.07, 6.45) is 3.73. The van der Waals surface area contributed by atoms with E-state index >= 15 is 0 Å². The summed E-state index contributed by atoms with van der Waals surface area (Å²) in [5.41, 5.74) is 6.46. The van der Waals surface area contributed by atoms with E-state index in [0.29, 0.717) is 6.54 Å². The Morgan fingerprint density at radius 1 is 1.47 bits per heavy atom. The average molecular weight is 253 g/mol. The highest BCUT2D eigenvalue weighted by atomic mass is 32.1. The van der Waals surface area contributed by atoms with Gasteiger partial charge in [-0.3, -0.25) is 4.79 Å². The molecule has 1 aliphatic carbocycles. The first-order valence-electron chi connectivity index (χ1n) is 6.01. The molecule has 1 aliphatic rings. The summed E-state index contributed by atoms with van der Waals surface area (Å²) < 4.78 is 0. The third kappa shape index (κ3) is 2.66. The van der Waals surface area contributed by atoms with Crippen molar-refractivity contribution in [3.63, 3.8) is 0 Å². The highest BCUT2D eigenvalue weighted by molar-refractivity contribution is 7.11. The van der Waals surface area contributed by atoms with Crippen molar-refractivity contribution >= 4 is 17.2 Å². The highest BCUT2D eigenvalue weighted by Gasteiger charge is 2.36. The molecule has 0 aromatic carbocycles. The first-order valence-corrected chi connectivity index (χ1v) is 6.83. The Labute approximate surface area is 106 Å². The molecule has 1 fully saturated rings. The van der Waals surface area contributed by atoms with Gasteiger partial charge in [0.15, 0.2) is 0 Å². The topological polar surface area (TPSA) is 68.0 Å². The van der Waals surface area contributed by atoms with Gasteiger partial charge >= 0.3 is 0 Å². The number of hydrogen-bond donors (Lipinski definition) is 2. The van der Waals surface area contributed by atoms with Crippen molar-refractivity contribution in [1.29, 1.82) is 0 Å². The molecule has 0 bridgehead atoms. The molecule has 0 aliphatic heterocycles. The van der Waals surface area contributed by atoms with E-state index in [-0.39, 0.29) is 5.91 Å². The number of nitrogens with two attached hydrogens (primary N) is 1. The molecule has 0 spiro atoms. The quantitative estimate of drug-likeness (QED) is 0.860. The zero-order chi connectivity index (χ0) is 12.5. The standard InChI is InChI=1S/C12H19N3OS/c1-8-10(17-9(2)15-8)7-14-11(16)12(13)5-3-4-6-12/h3-7,13H2,1-2H3,(H,14,16). The SMILES string of the molecule is Cc1nc(C)c(CNC(=O)C2(N)CCCC2)s1. The predicted octanol–water partition coefficient (Wildman–Crippen LogP) is 1.65. The minimum absolute atomic E-state index is 0.0135. The van der Waals surface area contributed by atoms with Gasteiger partial charge in [0, 0.05) is 4.88 Å². The minimum atomic E-state index is -0.631. The summed E-state index contributed by atoms with van der Waals surface area (Å²) in [5.74, 6) is -0.0135. The molecule has 0 unspecified atom stereocenters. The highest BCUT2D eigenvalue weighted by Crippen LogP contribution is 2.27. The van der Waals surface area contributed by atoms with Crippen LogP contribution in [0.1, 0.15) is 41.3 Å². The zero-order valence-electron chi connectivity index (χ0n) is 10.4. The summed E-state index contributed by atoms with van der Waals surface area (Å²) in [7, 11) is 0. The molecule has 2 rings (SSSR count). The summed E-state index contributed by atoms with van der Waals surface area (Å²) in [6, 6.07) is 0. The molecule has 0 atom stereocenters. The molecule has 1 aromatic rings. The number of thiazole rings is 1. The minimum Gasteiger partial charge on any atom is -0.350 e. The average Bonchev–Trinajstić information content (AvgIpc) is 2.83. The largest absolute Gasteiger partial charge is 0.350 e. The number of amides is 1. The normalized spacial score (nSPS) is 18.3. The summed E-state index contributed by atoms with van der Waals surface area (Å²) >= 11 is 1.63. The molecule has 1 saturated carbocycles. The number of carbonyl (C=O) groups excluding carboxylic acids is 1. The zero-order valence-corrected chi connectivity index (χ0v) is 11.2. The van der Waals surface area contributed by atoms with E-state index in [2.05, 4.69) is 10.3 Å². The predicted molar refractivity (Wildman–Crippen MR) is 68.8 cm³/mol. The van der Waals surface area contributed by atoms with E-state index in [9.17, 15) is 4.79 Å². The second-order valence-corrected chi connectivity index (χ2v) is 6.08. The van der Waals surface area contributed by atoms with Crippen LogP contribution in [0.3, 0.4) is 0 Å². The van der Waals surface area contributed by atoms with E-state index in [0.717, 1.165) is 41.3 Å². The molecule has 5 heteroatoms. The molecule has 1 aromatic heterocycles. The molecule has 1 heterocycles. The van der Waals surface area contributed by atoms with E-state index < -0.39 is 5.54 Å². The summed E-state index contributed by atoms with van der Waals surface area (Å²) in [5, 5.41) is 3.98. The third-order valence-electron chi connectivity index (χ3n) is 3.36. The molecule has 94 valence electrons. The van der Waals surface area contributed by atoms with Crippen molar-refractivity contribution in [3.8, 4) is 0 Å². The number of aryl methyl sites for hydroxylation is 2. The van der Waals surface area contributed by atoms with Crippen LogP contribution in [0.5, 0.6) is 0 Å². The second kappa shape index (κ2) is 4.74. The van der Waals surface area contributed by atoms with Crippen LogP contribution >= 0.6 is 11.3 Å². The Hall–Kier alpha value is -0.940.